The first kappa shape index (κ1) is 20.7. The van der Waals surface area contributed by atoms with Crippen LogP contribution in [0.5, 0.6) is 5.75 Å². The molecule has 7 heteroatoms. The van der Waals surface area contributed by atoms with Crippen LogP contribution in [0.2, 0.25) is 0 Å². The first-order valence-corrected chi connectivity index (χ1v) is 11.5. The van der Waals surface area contributed by atoms with Crippen molar-refractivity contribution in [2.45, 2.75) is 44.1 Å². The van der Waals surface area contributed by atoms with Crippen LogP contribution in [0.25, 0.3) is 11.1 Å². The highest BCUT2D eigenvalue weighted by Crippen LogP contribution is 2.49. The molecule has 2 heterocycles. The molecule has 1 aliphatic heterocycles. The Morgan fingerprint density at radius 2 is 1.75 bits per heavy atom. The number of hydrogen-bond donors (Lipinski definition) is 2. The molecular formula is C25H22FNO4S. The first-order valence-electron chi connectivity index (χ1n) is 10.7. The van der Waals surface area contributed by atoms with E-state index in [-0.39, 0.29) is 29.2 Å². The summed E-state index contributed by atoms with van der Waals surface area (Å²) in [6.07, 6.45) is 5.05. The lowest BCUT2D eigenvalue weighted by Gasteiger charge is -2.24. The molecule has 3 aromatic rings. The number of fused-ring (bicyclic) bond motifs is 1. The van der Waals surface area contributed by atoms with Gasteiger partial charge in [0, 0.05) is 22.8 Å². The molecule has 2 N–H and O–H groups in total. The van der Waals surface area contributed by atoms with Crippen LogP contribution in [-0.4, -0.2) is 23.1 Å². The maximum atomic E-state index is 13.4. The van der Waals surface area contributed by atoms with Crippen LogP contribution in [0.3, 0.4) is 0 Å². The van der Waals surface area contributed by atoms with E-state index in [0.29, 0.717) is 16.8 Å². The molecule has 32 heavy (non-hydrogen) atoms. The number of carboxylic acids is 1. The first-order chi connectivity index (χ1) is 15.5. The second kappa shape index (κ2) is 8.39. The summed E-state index contributed by atoms with van der Waals surface area (Å²) in [4.78, 5) is 25.5. The second-order valence-corrected chi connectivity index (χ2v) is 9.31. The van der Waals surface area contributed by atoms with Crippen molar-refractivity contribution in [3.8, 4) is 16.9 Å². The SMILES string of the molecule is O=C1CC(c2ccc(OC3CCCC3)cc2)c2sc(C(=O)O)c(-c3ccc(F)cc3)c2N1. The molecule has 2 aromatic carbocycles. The van der Waals surface area contributed by atoms with Gasteiger partial charge in [0.05, 0.1) is 11.8 Å². The van der Waals surface area contributed by atoms with E-state index in [9.17, 15) is 19.1 Å². The van der Waals surface area contributed by atoms with Gasteiger partial charge in [0.1, 0.15) is 16.4 Å². The average Bonchev–Trinajstić information content (AvgIpc) is 3.42. The molecule has 164 valence electrons. The van der Waals surface area contributed by atoms with Gasteiger partial charge in [-0.15, -0.1) is 11.3 Å². The van der Waals surface area contributed by atoms with Crippen LogP contribution in [0.4, 0.5) is 10.1 Å². The predicted molar refractivity (Wildman–Crippen MR) is 121 cm³/mol. The van der Waals surface area contributed by atoms with Gasteiger partial charge in [-0.1, -0.05) is 24.3 Å². The number of thiophene rings is 1. The summed E-state index contributed by atoms with van der Waals surface area (Å²) in [7, 11) is 0. The monoisotopic (exact) mass is 451 g/mol. The number of rotatable bonds is 5. The van der Waals surface area contributed by atoms with E-state index >= 15 is 0 Å². The summed E-state index contributed by atoms with van der Waals surface area (Å²) < 4.78 is 19.5. The Bertz CT molecular complexity index is 1160. The number of halogens is 1. The summed E-state index contributed by atoms with van der Waals surface area (Å²) in [6, 6.07) is 13.4. The van der Waals surface area contributed by atoms with Gasteiger partial charge in [-0.3, -0.25) is 4.79 Å². The predicted octanol–water partition coefficient (Wildman–Crippen LogP) is 6.05. The molecule has 2 aliphatic rings. The molecule has 0 bridgehead atoms. The Morgan fingerprint density at radius 3 is 2.41 bits per heavy atom. The van der Waals surface area contributed by atoms with E-state index in [1.165, 1.54) is 48.4 Å². The summed E-state index contributed by atoms with van der Waals surface area (Å²) in [5, 5.41) is 12.7. The third-order valence-electron chi connectivity index (χ3n) is 6.12. The third-order valence-corrected chi connectivity index (χ3v) is 7.41. The minimum Gasteiger partial charge on any atom is -0.490 e. The van der Waals surface area contributed by atoms with Crippen molar-refractivity contribution in [1.82, 2.24) is 0 Å². The molecule has 5 nitrogen and oxygen atoms in total. The Hall–Kier alpha value is -3.19. The van der Waals surface area contributed by atoms with Crippen molar-refractivity contribution >= 4 is 28.9 Å². The largest absolute Gasteiger partial charge is 0.490 e. The zero-order valence-corrected chi connectivity index (χ0v) is 18.1. The van der Waals surface area contributed by atoms with Gasteiger partial charge in [-0.05, 0) is 61.1 Å². The number of anilines is 1. The van der Waals surface area contributed by atoms with Crippen molar-refractivity contribution in [2.75, 3.05) is 5.32 Å². The van der Waals surface area contributed by atoms with Gasteiger partial charge >= 0.3 is 5.97 Å². The van der Waals surface area contributed by atoms with Crippen LogP contribution < -0.4 is 10.1 Å². The number of benzene rings is 2. The fourth-order valence-electron chi connectivity index (χ4n) is 4.58. The van der Waals surface area contributed by atoms with Crippen molar-refractivity contribution in [3.63, 3.8) is 0 Å². The molecule has 0 radical (unpaired) electrons. The lowest BCUT2D eigenvalue weighted by molar-refractivity contribution is -0.116. The summed E-state index contributed by atoms with van der Waals surface area (Å²) in [5.41, 5.74) is 2.43. The number of nitrogens with one attached hydrogen (secondary N) is 1. The van der Waals surface area contributed by atoms with E-state index in [2.05, 4.69) is 5.32 Å². The highest BCUT2D eigenvalue weighted by atomic mass is 32.1. The molecule has 1 saturated carbocycles. The normalized spacial score (nSPS) is 18.3. The molecule has 5 rings (SSSR count). The number of carbonyl (C=O) groups is 2. The highest BCUT2D eigenvalue weighted by Gasteiger charge is 2.34. The van der Waals surface area contributed by atoms with Crippen molar-refractivity contribution < 1.29 is 23.8 Å². The fraction of sp³-hybridized carbons (Fsp3) is 0.280. The van der Waals surface area contributed by atoms with E-state index in [1.54, 1.807) is 0 Å². The molecule has 1 aromatic heterocycles. The summed E-state index contributed by atoms with van der Waals surface area (Å²) >= 11 is 1.17. The molecule has 1 aliphatic carbocycles. The maximum Gasteiger partial charge on any atom is 0.346 e. The van der Waals surface area contributed by atoms with Crippen molar-refractivity contribution in [3.05, 3.63) is 69.7 Å². The fourth-order valence-corrected chi connectivity index (χ4v) is 5.82. The van der Waals surface area contributed by atoms with Gasteiger partial charge in [-0.25, -0.2) is 9.18 Å². The Kier molecular flexibility index (Phi) is 5.43. The highest BCUT2D eigenvalue weighted by molar-refractivity contribution is 7.15. The van der Waals surface area contributed by atoms with E-state index in [0.717, 1.165) is 29.0 Å². The smallest absolute Gasteiger partial charge is 0.346 e. The van der Waals surface area contributed by atoms with Gasteiger partial charge in [0.15, 0.2) is 0 Å². The van der Waals surface area contributed by atoms with E-state index in [4.69, 9.17) is 4.74 Å². The zero-order chi connectivity index (χ0) is 22.2. The summed E-state index contributed by atoms with van der Waals surface area (Å²) in [5.74, 6) is -1.09. The van der Waals surface area contributed by atoms with E-state index < -0.39 is 11.8 Å². The average molecular weight is 452 g/mol. The van der Waals surface area contributed by atoms with Crippen LogP contribution in [0, 0.1) is 5.82 Å². The molecule has 1 atom stereocenters. The van der Waals surface area contributed by atoms with Crippen molar-refractivity contribution in [2.24, 2.45) is 0 Å². The van der Waals surface area contributed by atoms with Gasteiger partial charge in [0.25, 0.3) is 0 Å². The third kappa shape index (κ3) is 3.88. The Morgan fingerprint density at radius 1 is 1.06 bits per heavy atom. The Balaban J connectivity index is 1.53. The molecule has 1 unspecified atom stereocenters. The quantitative estimate of drug-likeness (QED) is 0.495. The lowest BCUT2D eigenvalue weighted by atomic mass is 9.88. The minimum absolute atomic E-state index is 0.134. The number of aromatic carboxylic acids is 1. The molecule has 0 spiro atoms. The topological polar surface area (TPSA) is 75.6 Å². The number of carbonyl (C=O) groups excluding carboxylic acids is 1. The number of amides is 1. The van der Waals surface area contributed by atoms with Crippen LogP contribution >= 0.6 is 11.3 Å². The number of carboxylic acid groups (broad SMARTS) is 1. The second-order valence-electron chi connectivity index (χ2n) is 8.26. The van der Waals surface area contributed by atoms with E-state index in [1.807, 2.05) is 24.3 Å². The van der Waals surface area contributed by atoms with Crippen LogP contribution in [0.1, 0.15) is 58.1 Å². The van der Waals surface area contributed by atoms with Crippen molar-refractivity contribution in [1.29, 1.82) is 0 Å². The minimum atomic E-state index is -1.07. The van der Waals surface area contributed by atoms with Gasteiger partial charge in [-0.2, -0.15) is 0 Å². The standard InChI is InChI=1S/C25H22FNO4S/c26-16-9-5-15(6-10-16)21-22-23(32-24(21)25(29)30)19(13-20(28)27-22)14-7-11-18(12-8-14)31-17-3-1-2-4-17/h5-12,17,19H,1-4,13H2,(H,27,28)(H,29,30). The van der Waals surface area contributed by atoms with Gasteiger partial charge in [0.2, 0.25) is 5.91 Å². The number of hydrogen-bond acceptors (Lipinski definition) is 4. The number of ether oxygens (including phenoxy) is 1. The molecular weight excluding hydrogens is 429 g/mol. The maximum absolute atomic E-state index is 13.4. The molecule has 1 fully saturated rings. The molecule has 1 amide bonds. The zero-order valence-electron chi connectivity index (χ0n) is 17.3. The Labute approximate surface area is 188 Å². The van der Waals surface area contributed by atoms with Crippen LogP contribution in [-0.2, 0) is 4.79 Å². The van der Waals surface area contributed by atoms with Gasteiger partial charge < -0.3 is 15.2 Å². The summed E-state index contributed by atoms with van der Waals surface area (Å²) in [6.45, 7) is 0. The molecule has 0 saturated heterocycles. The lowest BCUT2D eigenvalue weighted by Crippen LogP contribution is -2.22. The van der Waals surface area contributed by atoms with Crippen LogP contribution in [0.15, 0.2) is 48.5 Å².